The van der Waals surface area contributed by atoms with E-state index >= 15 is 0 Å². The molecule has 1 amide bonds. The number of rotatable bonds is 4. The van der Waals surface area contributed by atoms with Crippen LogP contribution in [-0.2, 0) is 0 Å². The maximum atomic E-state index is 12.5. The van der Waals surface area contributed by atoms with E-state index in [2.05, 4.69) is 19.2 Å². The highest BCUT2D eigenvalue weighted by molar-refractivity contribution is 5.93. The minimum atomic E-state index is 0.151. The van der Waals surface area contributed by atoms with Crippen LogP contribution in [0.1, 0.15) is 37.3 Å². The fraction of sp³-hybridized carbons (Fsp3) is 0.615. The maximum Gasteiger partial charge on any atom is 0.270 e. The maximum absolute atomic E-state index is 12.5. The topological polar surface area (TPSA) is 37.3 Å². The average Bonchev–Trinajstić information content (AvgIpc) is 2.70. The molecule has 0 saturated carbocycles. The van der Waals surface area contributed by atoms with Gasteiger partial charge in [-0.2, -0.15) is 0 Å². The van der Waals surface area contributed by atoms with Crippen molar-refractivity contribution >= 4 is 5.91 Å². The number of aromatic nitrogens is 1. The van der Waals surface area contributed by atoms with Gasteiger partial charge in [-0.05, 0) is 32.9 Å². The summed E-state index contributed by atoms with van der Waals surface area (Å²) in [5.74, 6) is 0.151. The second kappa shape index (κ2) is 4.92. The Labute approximate surface area is 103 Å². The third kappa shape index (κ3) is 2.22. The Balaban J connectivity index is 2.19. The molecule has 0 atom stereocenters. The number of hydrogen-bond acceptors (Lipinski definition) is 2. The molecule has 1 saturated heterocycles. The van der Waals surface area contributed by atoms with Crippen molar-refractivity contribution in [1.29, 1.82) is 0 Å². The lowest BCUT2D eigenvalue weighted by molar-refractivity contribution is 0.0617. The first-order chi connectivity index (χ1) is 8.15. The van der Waals surface area contributed by atoms with E-state index in [0.29, 0.717) is 12.1 Å². The van der Waals surface area contributed by atoms with Crippen molar-refractivity contribution in [3.8, 4) is 0 Å². The monoisotopic (exact) mass is 235 g/mol. The normalized spacial score (nSPS) is 16.0. The van der Waals surface area contributed by atoms with Crippen molar-refractivity contribution in [2.24, 2.45) is 0 Å². The smallest absolute Gasteiger partial charge is 0.270 e. The van der Waals surface area contributed by atoms with Gasteiger partial charge < -0.3 is 14.8 Å². The number of nitrogens with zero attached hydrogens (tertiary/aromatic N) is 2. The Kier molecular flexibility index (Phi) is 3.52. The second-order valence-corrected chi connectivity index (χ2v) is 4.80. The van der Waals surface area contributed by atoms with Crippen LogP contribution in [0, 0.1) is 0 Å². The van der Waals surface area contributed by atoms with Gasteiger partial charge in [0.1, 0.15) is 5.69 Å². The summed E-state index contributed by atoms with van der Waals surface area (Å²) in [5, 5.41) is 3.21. The van der Waals surface area contributed by atoms with Crippen LogP contribution in [0.25, 0.3) is 0 Å². The zero-order valence-corrected chi connectivity index (χ0v) is 10.8. The van der Waals surface area contributed by atoms with E-state index in [0.717, 1.165) is 25.3 Å². The minimum Gasteiger partial charge on any atom is -0.341 e. The van der Waals surface area contributed by atoms with E-state index < -0.39 is 0 Å². The molecule has 4 heteroatoms. The van der Waals surface area contributed by atoms with Gasteiger partial charge in [-0.25, -0.2) is 0 Å². The van der Waals surface area contributed by atoms with Crippen LogP contribution in [-0.4, -0.2) is 41.1 Å². The zero-order valence-electron chi connectivity index (χ0n) is 10.8. The highest BCUT2D eigenvalue weighted by Gasteiger charge is 2.29. The average molecular weight is 235 g/mol. The molecule has 1 aliphatic rings. The summed E-state index contributed by atoms with van der Waals surface area (Å²) in [6.07, 6.45) is 1.98. The van der Waals surface area contributed by atoms with Gasteiger partial charge in [0, 0.05) is 31.9 Å². The molecule has 2 rings (SSSR count). The van der Waals surface area contributed by atoms with Crippen LogP contribution in [0.3, 0.4) is 0 Å². The molecule has 2 heterocycles. The first-order valence-corrected chi connectivity index (χ1v) is 6.33. The summed E-state index contributed by atoms with van der Waals surface area (Å²) in [6.45, 7) is 8.84. The quantitative estimate of drug-likeness (QED) is 0.859. The van der Waals surface area contributed by atoms with Crippen LogP contribution in [0.5, 0.6) is 0 Å². The molecule has 0 aliphatic carbocycles. The molecule has 0 spiro atoms. The van der Waals surface area contributed by atoms with Crippen molar-refractivity contribution in [2.45, 2.75) is 32.9 Å². The van der Waals surface area contributed by atoms with Gasteiger partial charge in [-0.1, -0.05) is 0 Å². The number of hydrogen-bond donors (Lipinski definition) is 1. The molecule has 1 aliphatic heterocycles. The fourth-order valence-corrected chi connectivity index (χ4v) is 2.23. The molecule has 0 radical (unpaired) electrons. The first kappa shape index (κ1) is 12.2. The predicted molar refractivity (Wildman–Crippen MR) is 68.2 cm³/mol. The van der Waals surface area contributed by atoms with E-state index in [9.17, 15) is 4.79 Å². The number of nitrogens with one attached hydrogen (secondary N) is 1. The van der Waals surface area contributed by atoms with Crippen LogP contribution >= 0.6 is 0 Å². The highest BCUT2D eigenvalue weighted by atomic mass is 16.2. The van der Waals surface area contributed by atoms with Crippen LogP contribution in [0.4, 0.5) is 0 Å². The van der Waals surface area contributed by atoms with Crippen LogP contribution in [0.2, 0.25) is 0 Å². The molecule has 17 heavy (non-hydrogen) atoms. The van der Waals surface area contributed by atoms with Gasteiger partial charge in [0.25, 0.3) is 5.91 Å². The molecule has 94 valence electrons. The van der Waals surface area contributed by atoms with Gasteiger partial charge in [0.2, 0.25) is 0 Å². The lowest BCUT2D eigenvalue weighted by Gasteiger charge is -2.37. The molecule has 0 aromatic carbocycles. The summed E-state index contributed by atoms with van der Waals surface area (Å²) >= 11 is 0. The van der Waals surface area contributed by atoms with Crippen molar-refractivity contribution in [3.05, 3.63) is 24.0 Å². The van der Waals surface area contributed by atoms with Gasteiger partial charge >= 0.3 is 0 Å². The van der Waals surface area contributed by atoms with Gasteiger partial charge in [-0.15, -0.1) is 0 Å². The summed E-state index contributed by atoms with van der Waals surface area (Å²) < 4.78 is 2.04. The lowest BCUT2D eigenvalue weighted by atomic mass is 10.1. The molecule has 1 aromatic rings. The van der Waals surface area contributed by atoms with Crippen LogP contribution in [0.15, 0.2) is 18.3 Å². The third-order valence-electron chi connectivity index (χ3n) is 3.36. The molecule has 1 aromatic heterocycles. The van der Waals surface area contributed by atoms with Crippen molar-refractivity contribution in [1.82, 2.24) is 14.8 Å². The van der Waals surface area contributed by atoms with Crippen LogP contribution < -0.4 is 5.32 Å². The van der Waals surface area contributed by atoms with E-state index in [1.807, 2.05) is 34.7 Å². The van der Waals surface area contributed by atoms with Gasteiger partial charge in [-0.3, -0.25) is 4.79 Å². The SMILES string of the molecule is CCN(C(=O)c1cccn1C(C)C)C1CNC1. The van der Waals surface area contributed by atoms with Gasteiger partial charge in [0.15, 0.2) is 0 Å². The van der Waals surface area contributed by atoms with Crippen molar-refractivity contribution < 1.29 is 4.79 Å². The van der Waals surface area contributed by atoms with E-state index in [1.165, 1.54) is 0 Å². The molecule has 0 unspecified atom stereocenters. The Morgan fingerprint density at radius 2 is 2.29 bits per heavy atom. The Morgan fingerprint density at radius 1 is 1.59 bits per heavy atom. The molecule has 0 bridgehead atoms. The second-order valence-electron chi connectivity index (χ2n) is 4.80. The summed E-state index contributed by atoms with van der Waals surface area (Å²) in [4.78, 5) is 14.4. The standard InChI is InChI=1S/C13H21N3O/c1-4-15(11-8-14-9-11)13(17)12-6-5-7-16(12)10(2)3/h5-7,10-11,14H,4,8-9H2,1-3H3. The largest absolute Gasteiger partial charge is 0.341 e. The number of carbonyl (C=O) groups is 1. The Hall–Kier alpha value is -1.29. The molecule has 1 fully saturated rings. The fourth-order valence-electron chi connectivity index (χ4n) is 2.23. The number of amides is 1. The Morgan fingerprint density at radius 3 is 2.76 bits per heavy atom. The van der Waals surface area contributed by atoms with E-state index in [1.54, 1.807) is 0 Å². The van der Waals surface area contributed by atoms with E-state index in [4.69, 9.17) is 0 Å². The third-order valence-corrected chi connectivity index (χ3v) is 3.36. The van der Waals surface area contributed by atoms with Crippen molar-refractivity contribution in [2.75, 3.05) is 19.6 Å². The van der Waals surface area contributed by atoms with Crippen molar-refractivity contribution in [3.63, 3.8) is 0 Å². The number of carbonyl (C=O) groups excluding carboxylic acids is 1. The summed E-state index contributed by atoms with van der Waals surface area (Å²) in [5.41, 5.74) is 0.800. The molecular weight excluding hydrogens is 214 g/mol. The Bertz CT molecular complexity index is 393. The minimum absolute atomic E-state index is 0.151. The summed E-state index contributed by atoms with van der Waals surface area (Å²) in [6, 6.07) is 4.54. The molecule has 1 N–H and O–H groups in total. The zero-order chi connectivity index (χ0) is 12.4. The molecular formula is C13H21N3O. The predicted octanol–water partition coefficient (Wildman–Crippen LogP) is 1.50. The summed E-state index contributed by atoms with van der Waals surface area (Å²) in [7, 11) is 0. The number of likely N-dealkylation sites (N-methyl/N-ethyl adjacent to an activating group) is 1. The van der Waals surface area contributed by atoms with Gasteiger partial charge in [0.05, 0.1) is 6.04 Å². The first-order valence-electron chi connectivity index (χ1n) is 6.33. The highest BCUT2D eigenvalue weighted by Crippen LogP contribution is 2.15. The molecule has 4 nitrogen and oxygen atoms in total. The van der Waals surface area contributed by atoms with E-state index in [-0.39, 0.29) is 5.91 Å². The lowest BCUT2D eigenvalue weighted by Crippen LogP contribution is -2.59.